The molecular weight excluding hydrogens is 294 g/mol. The van der Waals surface area contributed by atoms with Crippen LogP contribution < -0.4 is 5.32 Å². The fourth-order valence-electron chi connectivity index (χ4n) is 2.95. The van der Waals surface area contributed by atoms with E-state index in [1.807, 2.05) is 20.8 Å². The quantitative estimate of drug-likeness (QED) is 0.816. The topological polar surface area (TPSA) is 74.2 Å². The number of hydrogen-bond donors (Lipinski definition) is 2. The molecule has 1 saturated carbocycles. The summed E-state index contributed by atoms with van der Waals surface area (Å²) in [6.07, 6.45) is 3.47. The van der Waals surface area contributed by atoms with Gasteiger partial charge in [-0.1, -0.05) is 6.92 Å². The lowest BCUT2D eigenvalue weighted by Crippen LogP contribution is -2.51. The first-order chi connectivity index (χ1) is 10.7. The number of aliphatic imine (C=N–C) groups is 1. The van der Waals surface area contributed by atoms with Crippen molar-refractivity contribution in [2.75, 3.05) is 26.2 Å². The molecule has 0 atom stereocenters. The van der Waals surface area contributed by atoms with Gasteiger partial charge < -0.3 is 15.2 Å². The second kappa shape index (κ2) is 7.07. The Labute approximate surface area is 139 Å². The van der Waals surface area contributed by atoms with Crippen LogP contribution in [0, 0.1) is 5.92 Å². The Morgan fingerprint density at radius 1 is 1.43 bits per heavy atom. The average molecular weight is 325 g/mol. The molecule has 1 heterocycles. The SMILES string of the molecule is CC1CCC(O)(CNC2=NCCN(C(=O)OC(C)(C)C)C2)CC1. The van der Waals surface area contributed by atoms with Crippen LogP contribution in [-0.4, -0.2) is 59.3 Å². The second-order valence-corrected chi connectivity index (χ2v) is 7.99. The molecule has 2 aliphatic rings. The van der Waals surface area contributed by atoms with Gasteiger partial charge in [0.2, 0.25) is 0 Å². The van der Waals surface area contributed by atoms with Crippen molar-refractivity contribution in [1.29, 1.82) is 0 Å². The number of amidine groups is 1. The van der Waals surface area contributed by atoms with Gasteiger partial charge in [0.1, 0.15) is 11.4 Å². The number of carbonyl (C=O) groups is 1. The normalized spacial score (nSPS) is 29.0. The van der Waals surface area contributed by atoms with Crippen molar-refractivity contribution in [2.24, 2.45) is 10.9 Å². The third-order valence-corrected chi connectivity index (χ3v) is 4.49. The zero-order chi connectivity index (χ0) is 17.1. The molecule has 1 fully saturated rings. The van der Waals surface area contributed by atoms with E-state index in [4.69, 9.17) is 4.74 Å². The molecule has 6 heteroatoms. The molecular formula is C17H31N3O3. The first kappa shape index (κ1) is 18.0. The number of aliphatic hydroxyl groups is 1. The van der Waals surface area contributed by atoms with Crippen molar-refractivity contribution in [3.63, 3.8) is 0 Å². The molecule has 6 nitrogen and oxygen atoms in total. The molecule has 2 rings (SSSR count). The van der Waals surface area contributed by atoms with E-state index in [9.17, 15) is 9.90 Å². The highest BCUT2D eigenvalue weighted by Crippen LogP contribution is 2.31. The molecule has 0 unspecified atom stereocenters. The number of hydrogen-bond acceptors (Lipinski definition) is 5. The molecule has 1 aliphatic carbocycles. The number of amides is 1. The number of nitrogens with one attached hydrogen (secondary N) is 1. The maximum Gasteiger partial charge on any atom is 0.410 e. The molecule has 0 radical (unpaired) electrons. The fourth-order valence-corrected chi connectivity index (χ4v) is 2.95. The van der Waals surface area contributed by atoms with Gasteiger partial charge in [-0.2, -0.15) is 0 Å². The molecule has 0 saturated heterocycles. The van der Waals surface area contributed by atoms with Crippen LogP contribution in [0.3, 0.4) is 0 Å². The number of rotatable bonds is 2. The molecule has 0 aromatic carbocycles. The van der Waals surface area contributed by atoms with E-state index in [1.54, 1.807) is 4.90 Å². The smallest absolute Gasteiger partial charge is 0.410 e. The van der Waals surface area contributed by atoms with Gasteiger partial charge in [-0.15, -0.1) is 0 Å². The molecule has 0 bridgehead atoms. The van der Waals surface area contributed by atoms with Gasteiger partial charge in [-0.05, 0) is 52.4 Å². The first-order valence-electron chi connectivity index (χ1n) is 8.64. The van der Waals surface area contributed by atoms with E-state index < -0.39 is 11.2 Å². The van der Waals surface area contributed by atoms with Gasteiger partial charge in [0.05, 0.1) is 18.7 Å². The van der Waals surface area contributed by atoms with Gasteiger partial charge in [0.25, 0.3) is 0 Å². The van der Waals surface area contributed by atoms with E-state index in [0.29, 0.717) is 32.1 Å². The Morgan fingerprint density at radius 2 is 2.09 bits per heavy atom. The van der Waals surface area contributed by atoms with Crippen molar-refractivity contribution in [3.05, 3.63) is 0 Å². The summed E-state index contributed by atoms with van der Waals surface area (Å²) >= 11 is 0. The maximum atomic E-state index is 12.1. The summed E-state index contributed by atoms with van der Waals surface area (Å²) < 4.78 is 5.41. The van der Waals surface area contributed by atoms with Gasteiger partial charge in [0, 0.05) is 13.1 Å². The van der Waals surface area contributed by atoms with Crippen LogP contribution in [-0.2, 0) is 4.74 Å². The Morgan fingerprint density at radius 3 is 2.70 bits per heavy atom. The summed E-state index contributed by atoms with van der Waals surface area (Å²) in [5.74, 6) is 1.46. The Kier molecular flexibility index (Phi) is 5.55. The zero-order valence-electron chi connectivity index (χ0n) is 14.9. The third kappa shape index (κ3) is 5.68. The summed E-state index contributed by atoms with van der Waals surface area (Å²) in [4.78, 5) is 18.2. The number of carbonyl (C=O) groups excluding carboxylic acids is 1. The van der Waals surface area contributed by atoms with E-state index in [0.717, 1.165) is 31.5 Å². The van der Waals surface area contributed by atoms with Gasteiger partial charge in [0.15, 0.2) is 0 Å². The predicted molar refractivity (Wildman–Crippen MR) is 90.7 cm³/mol. The monoisotopic (exact) mass is 325 g/mol. The van der Waals surface area contributed by atoms with E-state index in [-0.39, 0.29) is 6.09 Å². The van der Waals surface area contributed by atoms with E-state index in [2.05, 4.69) is 17.2 Å². The van der Waals surface area contributed by atoms with Gasteiger partial charge >= 0.3 is 6.09 Å². The summed E-state index contributed by atoms with van der Waals surface area (Å²) in [6, 6.07) is 0. The highest BCUT2D eigenvalue weighted by Gasteiger charge is 2.32. The highest BCUT2D eigenvalue weighted by atomic mass is 16.6. The summed E-state index contributed by atoms with van der Waals surface area (Å²) in [5, 5.41) is 13.9. The van der Waals surface area contributed by atoms with Crippen LogP contribution in [0.4, 0.5) is 4.79 Å². The number of ether oxygens (including phenoxy) is 1. The van der Waals surface area contributed by atoms with E-state index in [1.165, 1.54) is 0 Å². The van der Waals surface area contributed by atoms with Crippen LogP contribution >= 0.6 is 0 Å². The third-order valence-electron chi connectivity index (χ3n) is 4.49. The highest BCUT2D eigenvalue weighted by molar-refractivity contribution is 5.87. The van der Waals surface area contributed by atoms with Crippen LogP contribution in [0.2, 0.25) is 0 Å². The number of nitrogens with zero attached hydrogens (tertiary/aromatic N) is 2. The van der Waals surface area contributed by atoms with E-state index >= 15 is 0 Å². The van der Waals surface area contributed by atoms with Crippen molar-refractivity contribution in [3.8, 4) is 0 Å². The molecule has 23 heavy (non-hydrogen) atoms. The molecule has 0 aromatic rings. The lowest BCUT2D eigenvalue weighted by atomic mass is 9.79. The van der Waals surface area contributed by atoms with Crippen molar-refractivity contribution in [1.82, 2.24) is 10.2 Å². The van der Waals surface area contributed by atoms with Gasteiger partial charge in [-0.3, -0.25) is 9.89 Å². The minimum absolute atomic E-state index is 0.308. The first-order valence-corrected chi connectivity index (χ1v) is 8.64. The molecule has 1 aliphatic heterocycles. The minimum atomic E-state index is -0.650. The second-order valence-electron chi connectivity index (χ2n) is 7.99. The molecule has 0 spiro atoms. The van der Waals surface area contributed by atoms with Crippen LogP contribution in [0.25, 0.3) is 0 Å². The molecule has 132 valence electrons. The maximum absolute atomic E-state index is 12.1. The summed E-state index contributed by atoms with van der Waals surface area (Å²) in [7, 11) is 0. The summed E-state index contributed by atoms with van der Waals surface area (Å²) in [5.41, 5.74) is -1.14. The fraction of sp³-hybridized carbons (Fsp3) is 0.882. The Balaban J connectivity index is 1.82. The molecule has 1 amide bonds. The predicted octanol–water partition coefficient (Wildman–Crippen LogP) is 2.17. The van der Waals surface area contributed by atoms with Crippen molar-refractivity contribution < 1.29 is 14.6 Å². The van der Waals surface area contributed by atoms with Crippen LogP contribution in [0.15, 0.2) is 4.99 Å². The van der Waals surface area contributed by atoms with Gasteiger partial charge in [-0.25, -0.2) is 4.79 Å². The Hall–Kier alpha value is -1.30. The van der Waals surface area contributed by atoms with Crippen LogP contribution in [0.5, 0.6) is 0 Å². The van der Waals surface area contributed by atoms with Crippen molar-refractivity contribution in [2.45, 2.75) is 64.6 Å². The lowest BCUT2D eigenvalue weighted by Gasteiger charge is -2.36. The zero-order valence-corrected chi connectivity index (χ0v) is 14.9. The van der Waals surface area contributed by atoms with Crippen molar-refractivity contribution >= 4 is 11.9 Å². The van der Waals surface area contributed by atoms with Crippen LogP contribution in [0.1, 0.15) is 53.4 Å². The largest absolute Gasteiger partial charge is 0.444 e. The molecule has 2 N–H and O–H groups in total. The summed E-state index contributed by atoms with van der Waals surface area (Å²) in [6.45, 7) is 9.88. The molecule has 0 aromatic heterocycles. The lowest BCUT2D eigenvalue weighted by molar-refractivity contribution is -0.00278. The minimum Gasteiger partial charge on any atom is -0.444 e. The Bertz CT molecular complexity index is 448. The standard InChI is InChI=1S/C17H31N3O3/c1-13-5-7-17(22,8-6-13)12-19-14-11-20(10-9-18-14)15(21)23-16(2,3)4/h13,22H,5-12H2,1-4H3,(H,18,19). The average Bonchev–Trinajstić information content (AvgIpc) is 2.47.